The highest BCUT2D eigenvalue weighted by atomic mass is 32.2. The van der Waals surface area contributed by atoms with Gasteiger partial charge in [0.1, 0.15) is 4.90 Å². The van der Waals surface area contributed by atoms with Crippen LogP contribution in [0.4, 0.5) is 5.69 Å². The average molecular weight is 296 g/mol. The van der Waals surface area contributed by atoms with Gasteiger partial charge in [-0.3, -0.25) is 0 Å². The third kappa shape index (κ3) is 3.73. The molecule has 0 amide bonds. The van der Waals surface area contributed by atoms with Crippen LogP contribution in [0.5, 0.6) is 0 Å². The first kappa shape index (κ1) is 15.3. The van der Waals surface area contributed by atoms with Gasteiger partial charge < -0.3 is 5.32 Å². The van der Waals surface area contributed by atoms with Crippen molar-refractivity contribution in [3.05, 3.63) is 24.3 Å². The highest BCUT2D eigenvalue weighted by molar-refractivity contribution is 7.89. The van der Waals surface area contributed by atoms with E-state index in [9.17, 15) is 8.42 Å². The number of hydrogen-bond donors (Lipinski definition) is 2. The van der Waals surface area contributed by atoms with Crippen LogP contribution in [0.25, 0.3) is 0 Å². The highest BCUT2D eigenvalue weighted by Crippen LogP contribution is 2.28. The van der Waals surface area contributed by atoms with Crippen molar-refractivity contribution in [3.8, 4) is 0 Å². The molecule has 1 fully saturated rings. The summed E-state index contributed by atoms with van der Waals surface area (Å²) in [6, 6.07) is 6.99. The third-order valence-corrected chi connectivity index (χ3v) is 5.53. The summed E-state index contributed by atoms with van der Waals surface area (Å²) in [6.45, 7) is 2.79. The van der Waals surface area contributed by atoms with Gasteiger partial charge in [-0.05, 0) is 36.8 Å². The zero-order chi connectivity index (χ0) is 14.6. The molecule has 0 spiro atoms. The van der Waals surface area contributed by atoms with Crippen molar-refractivity contribution in [2.45, 2.75) is 37.5 Å². The van der Waals surface area contributed by atoms with E-state index in [-0.39, 0.29) is 0 Å². The molecule has 0 aliphatic heterocycles. The Morgan fingerprint density at radius 3 is 2.70 bits per heavy atom. The number of hydrogen-bond acceptors (Lipinski definition) is 3. The molecule has 1 aliphatic rings. The molecule has 1 aromatic carbocycles. The fraction of sp³-hybridized carbons (Fsp3) is 0.600. The van der Waals surface area contributed by atoms with E-state index in [2.05, 4.69) is 17.0 Å². The summed E-state index contributed by atoms with van der Waals surface area (Å²) in [7, 11) is -1.70. The van der Waals surface area contributed by atoms with Gasteiger partial charge in [0.25, 0.3) is 0 Å². The minimum absolute atomic E-state index is 0.325. The molecule has 0 saturated heterocycles. The minimum Gasteiger partial charge on any atom is -0.387 e. The van der Waals surface area contributed by atoms with Crippen molar-refractivity contribution >= 4 is 15.7 Å². The summed E-state index contributed by atoms with van der Waals surface area (Å²) in [4.78, 5) is 0.325. The molecule has 0 heterocycles. The van der Waals surface area contributed by atoms with E-state index >= 15 is 0 Å². The maximum absolute atomic E-state index is 12.4. The summed E-state index contributed by atoms with van der Waals surface area (Å²) in [5.74, 6) is 1.18. The molecule has 2 N–H and O–H groups in total. The van der Waals surface area contributed by atoms with Crippen LogP contribution in [-0.4, -0.2) is 22.0 Å². The summed E-state index contributed by atoms with van der Waals surface area (Å²) in [5.41, 5.74) is 0.636. The molecule has 0 radical (unpaired) electrons. The number of sulfonamides is 1. The van der Waals surface area contributed by atoms with Gasteiger partial charge in [-0.2, -0.15) is 0 Å². The van der Waals surface area contributed by atoms with Crippen molar-refractivity contribution in [2.75, 3.05) is 18.9 Å². The zero-order valence-corrected chi connectivity index (χ0v) is 13.0. The molecule has 0 bridgehead atoms. The molecule has 4 nitrogen and oxygen atoms in total. The fourth-order valence-electron chi connectivity index (χ4n) is 2.96. The first-order valence-corrected chi connectivity index (χ1v) is 8.77. The van der Waals surface area contributed by atoms with E-state index in [0.29, 0.717) is 29.0 Å². The maximum Gasteiger partial charge on any atom is 0.242 e. The van der Waals surface area contributed by atoms with Gasteiger partial charge in [0.2, 0.25) is 10.0 Å². The first-order valence-electron chi connectivity index (χ1n) is 7.29. The van der Waals surface area contributed by atoms with E-state index in [0.717, 1.165) is 12.8 Å². The van der Waals surface area contributed by atoms with Crippen molar-refractivity contribution in [1.82, 2.24) is 4.72 Å². The summed E-state index contributed by atoms with van der Waals surface area (Å²) < 4.78 is 27.5. The van der Waals surface area contributed by atoms with Gasteiger partial charge in [-0.1, -0.05) is 31.9 Å². The molecule has 5 heteroatoms. The van der Waals surface area contributed by atoms with E-state index < -0.39 is 10.0 Å². The Morgan fingerprint density at radius 2 is 2.00 bits per heavy atom. The largest absolute Gasteiger partial charge is 0.387 e. The van der Waals surface area contributed by atoms with E-state index in [1.807, 2.05) is 6.07 Å². The van der Waals surface area contributed by atoms with Gasteiger partial charge in [-0.25, -0.2) is 13.1 Å². The average Bonchev–Trinajstić information content (AvgIpc) is 2.45. The topological polar surface area (TPSA) is 58.2 Å². The van der Waals surface area contributed by atoms with Gasteiger partial charge in [0.05, 0.1) is 5.69 Å². The number of benzene rings is 1. The van der Waals surface area contributed by atoms with Crippen LogP contribution in [0.15, 0.2) is 29.2 Å². The highest BCUT2D eigenvalue weighted by Gasteiger charge is 2.22. The van der Waals surface area contributed by atoms with Crippen LogP contribution in [0, 0.1) is 11.8 Å². The van der Waals surface area contributed by atoms with Crippen LogP contribution < -0.4 is 10.0 Å². The van der Waals surface area contributed by atoms with Gasteiger partial charge in [0, 0.05) is 13.6 Å². The van der Waals surface area contributed by atoms with Gasteiger partial charge >= 0.3 is 0 Å². The Morgan fingerprint density at radius 1 is 1.25 bits per heavy atom. The van der Waals surface area contributed by atoms with Crippen LogP contribution in [0.2, 0.25) is 0 Å². The standard InChI is InChI=1S/C15H24N2O2S/c1-12-6-5-7-13(10-12)11-17-20(18,19)15-9-4-3-8-14(15)16-2/h3-4,8-9,12-13,16-17H,5-7,10-11H2,1-2H3. The van der Waals surface area contributed by atoms with Crippen LogP contribution in [0.1, 0.15) is 32.6 Å². The third-order valence-electron chi connectivity index (χ3n) is 4.05. The summed E-state index contributed by atoms with van der Waals surface area (Å²) in [6.07, 6.45) is 4.73. The summed E-state index contributed by atoms with van der Waals surface area (Å²) >= 11 is 0. The van der Waals surface area contributed by atoms with E-state index in [4.69, 9.17) is 0 Å². The second-order valence-corrected chi connectivity index (χ2v) is 7.47. The Balaban J connectivity index is 2.04. The quantitative estimate of drug-likeness (QED) is 0.878. The van der Waals surface area contributed by atoms with Gasteiger partial charge in [0.15, 0.2) is 0 Å². The molecule has 1 aliphatic carbocycles. The van der Waals surface area contributed by atoms with Crippen LogP contribution in [-0.2, 0) is 10.0 Å². The molecule has 2 unspecified atom stereocenters. The minimum atomic E-state index is -3.43. The second-order valence-electron chi connectivity index (χ2n) is 5.74. The lowest BCUT2D eigenvalue weighted by Crippen LogP contribution is -2.31. The Hall–Kier alpha value is -1.07. The van der Waals surface area contributed by atoms with Crippen molar-refractivity contribution in [2.24, 2.45) is 11.8 Å². The zero-order valence-electron chi connectivity index (χ0n) is 12.2. The molecule has 2 atom stereocenters. The van der Waals surface area contributed by atoms with Crippen molar-refractivity contribution < 1.29 is 8.42 Å². The molecule has 112 valence electrons. The van der Waals surface area contributed by atoms with Crippen molar-refractivity contribution in [1.29, 1.82) is 0 Å². The van der Waals surface area contributed by atoms with Crippen molar-refractivity contribution in [3.63, 3.8) is 0 Å². The molecular formula is C15H24N2O2S. The Kier molecular flexibility index (Phi) is 5.05. The summed E-state index contributed by atoms with van der Waals surface area (Å²) in [5, 5.41) is 2.93. The monoisotopic (exact) mass is 296 g/mol. The Labute approximate surface area is 122 Å². The lowest BCUT2D eigenvalue weighted by Gasteiger charge is -2.26. The van der Waals surface area contributed by atoms with E-state index in [1.165, 1.54) is 12.8 Å². The normalized spacial score (nSPS) is 23.5. The molecule has 1 saturated carbocycles. The number of nitrogens with one attached hydrogen (secondary N) is 2. The molecule has 2 rings (SSSR count). The Bertz CT molecular complexity index is 543. The number of para-hydroxylation sites is 1. The van der Waals surface area contributed by atoms with Gasteiger partial charge in [-0.15, -0.1) is 0 Å². The predicted octanol–water partition coefficient (Wildman–Crippen LogP) is 2.83. The number of rotatable bonds is 5. The molecule has 0 aromatic heterocycles. The molecule has 20 heavy (non-hydrogen) atoms. The fourth-order valence-corrected chi connectivity index (χ4v) is 4.29. The lowest BCUT2D eigenvalue weighted by molar-refractivity contribution is 0.283. The second kappa shape index (κ2) is 6.59. The predicted molar refractivity (Wildman–Crippen MR) is 82.3 cm³/mol. The SMILES string of the molecule is CNc1ccccc1S(=O)(=O)NCC1CCCC(C)C1. The molecular weight excluding hydrogens is 272 g/mol. The molecule has 1 aromatic rings. The lowest BCUT2D eigenvalue weighted by atomic mass is 9.83. The van der Waals surface area contributed by atoms with E-state index in [1.54, 1.807) is 25.2 Å². The first-order chi connectivity index (χ1) is 9.53. The van der Waals surface area contributed by atoms with Crippen LogP contribution >= 0.6 is 0 Å². The maximum atomic E-state index is 12.4. The number of anilines is 1. The van der Waals surface area contributed by atoms with Crippen LogP contribution in [0.3, 0.4) is 0 Å². The smallest absolute Gasteiger partial charge is 0.242 e.